The monoisotopic (exact) mass is 361 g/mol. The fourth-order valence-corrected chi connectivity index (χ4v) is 2.62. The van der Waals surface area contributed by atoms with Crippen LogP contribution in [0, 0.1) is 0 Å². The lowest BCUT2D eigenvalue weighted by atomic mass is 10.2. The number of hydrogen-bond donors (Lipinski definition) is 1. The van der Waals surface area contributed by atoms with Gasteiger partial charge in [-0.25, -0.2) is 0 Å². The molecule has 25 heavy (non-hydrogen) atoms. The Kier molecular flexibility index (Phi) is 9.42. The normalized spacial score (nSPS) is 10.8. The summed E-state index contributed by atoms with van der Waals surface area (Å²) in [6.07, 6.45) is 3.35. The zero-order chi connectivity index (χ0) is 17.7. The van der Waals surface area contributed by atoms with Gasteiger partial charge in [-0.3, -0.25) is 0 Å². The maximum Gasteiger partial charge on any atom is 0.124 e. The molecule has 0 aliphatic rings. The lowest BCUT2D eigenvalue weighted by molar-refractivity contribution is 0.128. The first-order valence-corrected chi connectivity index (χ1v) is 9.41. The highest BCUT2D eigenvalue weighted by molar-refractivity contribution is 6.31. The number of hydrogen-bond acceptors (Lipinski definition) is 3. The van der Waals surface area contributed by atoms with Gasteiger partial charge in [-0.2, -0.15) is 0 Å². The largest absolute Gasteiger partial charge is 0.489 e. The van der Waals surface area contributed by atoms with Crippen LogP contribution in [0.15, 0.2) is 48.5 Å². The Morgan fingerprint density at radius 1 is 0.920 bits per heavy atom. The summed E-state index contributed by atoms with van der Waals surface area (Å²) >= 11 is 6.19. The Balaban J connectivity index is 1.73. The summed E-state index contributed by atoms with van der Waals surface area (Å²) in [6, 6.07) is 15.9. The number of benzene rings is 2. The van der Waals surface area contributed by atoms with Crippen molar-refractivity contribution >= 4 is 11.6 Å². The van der Waals surface area contributed by atoms with Crippen LogP contribution in [0.5, 0.6) is 5.75 Å². The van der Waals surface area contributed by atoms with Crippen LogP contribution in [0.25, 0.3) is 0 Å². The molecule has 0 aliphatic carbocycles. The zero-order valence-corrected chi connectivity index (χ0v) is 15.7. The summed E-state index contributed by atoms with van der Waals surface area (Å²) in [5.74, 6) is 0.897. The molecule has 0 fully saturated rings. The number of para-hydroxylation sites is 1. The van der Waals surface area contributed by atoms with Crippen LogP contribution in [-0.2, 0) is 17.9 Å². The quantitative estimate of drug-likeness (QED) is 0.526. The van der Waals surface area contributed by atoms with Crippen LogP contribution in [0.2, 0.25) is 5.02 Å². The van der Waals surface area contributed by atoms with Crippen molar-refractivity contribution in [2.45, 2.75) is 39.3 Å². The molecule has 0 spiro atoms. The van der Waals surface area contributed by atoms with E-state index in [-0.39, 0.29) is 0 Å². The summed E-state index contributed by atoms with van der Waals surface area (Å²) < 4.78 is 11.5. The average molecular weight is 362 g/mol. The molecule has 0 unspecified atom stereocenters. The van der Waals surface area contributed by atoms with Crippen LogP contribution in [-0.4, -0.2) is 19.8 Å². The highest BCUT2D eigenvalue weighted by atomic mass is 35.5. The van der Waals surface area contributed by atoms with E-state index in [0.717, 1.165) is 61.0 Å². The molecule has 0 saturated heterocycles. The molecule has 0 heterocycles. The average Bonchev–Trinajstić information content (AvgIpc) is 2.64. The van der Waals surface area contributed by atoms with Crippen LogP contribution < -0.4 is 10.1 Å². The Morgan fingerprint density at radius 3 is 2.44 bits per heavy atom. The van der Waals surface area contributed by atoms with Gasteiger partial charge in [-0.1, -0.05) is 61.3 Å². The molecule has 3 nitrogen and oxygen atoms in total. The van der Waals surface area contributed by atoms with Crippen molar-refractivity contribution in [3.8, 4) is 5.75 Å². The minimum atomic E-state index is 0.474. The second-order valence-corrected chi connectivity index (χ2v) is 6.39. The molecule has 0 radical (unpaired) electrons. The first-order valence-electron chi connectivity index (χ1n) is 9.04. The van der Waals surface area contributed by atoms with Crippen LogP contribution in [0.3, 0.4) is 0 Å². The second-order valence-electron chi connectivity index (χ2n) is 5.98. The van der Waals surface area contributed by atoms with Gasteiger partial charge in [-0.05, 0) is 31.5 Å². The van der Waals surface area contributed by atoms with Crippen molar-refractivity contribution in [1.29, 1.82) is 0 Å². The fraction of sp³-hybridized carbons (Fsp3) is 0.429. The predicted molar refractivity (Wildman–Crippen MR) is 104 cm³/mol. The first-order chi connectivity index (χ1) is 12.3. The molecule has 2 aromatic rings. The molecule has 4 heteroatoms. The summed E-state index contributed by atoms with van der Waals surface area (Å²) in [6.45, 7) is 6.06. The van der Waals surface area contributed by atoms with E-state index in [2.05, 4.69) is 18.3 Å². The molecule has 0 aromatic heterocycles. The van der Waals surface area contributed by atoms with E-state index in [1.807, 2.05) is 42.5 Å². The van der Waals surface area contributed by atoms with Gasteiger partial charge in [0.1, 0.15) is 12.4 Å². The number of nitrogens with one attached hydrogen (secondary N) is 1. The lowest BCUT2D eigenvalue weighted by Gasteiger charge is -2.13. The fourth-order valence-electron chi connectivity index (χ4n) is 2.43. The van der Waals surface area contributed by atoms with Crippen molar-refractivity contribution in [1.82, 2.24) is 5.32 Å². The van der Waals surface area contributed by atoms with E-state index in [9.17, 15) is 0 Å². The van der Waals surface area contributed by atoms with E-state index in [1.54, 1.807) is 0 Å². The smallest absolute Gasteiger partial charge is 0.124 e. The predicted octanol–water partition coefficient (Wildman–Crippen LogP) is 5.22. The van der Waals surface area contributed by atoms with E-state index in [1.165, 1.54) is 6.42 Å². The minimum absolute atomic E-state index is 0.474. The Labute approximate surface area is 156 Å². The molecule has 2 aromatic carbocycles. The number of ether oxygens (including phenoxy) is 2. The van der Waals surface area contributed by atoms with E-state index in [0.29, 0.717) is 6.61 Å². The standard InChI is InChI=1S/C21H28ClNO2/c1-2-3-14-24-15-8-13-23-16-18-9-5-7-12-21(18)25-17-19-10-4-6-11-20(19)22/h4-7,9-12,23H,2-3,8,13-17H2,1H3. The van der Waals surface area contributed by atoms with Crippen LogP contribution in [0.1, 0.15) is 37.3 Å². The van der Waals surface area contributed by atoms with Gasteiger partial charge in [0, 0.05) is 35.9 Å². The van der Waals surface area contributed by atoms with E-state index in [4.69, 9.17) is 21.1 Å². The summed E-state index contributed by atoms with van der Waals surface area (Å²) in [7, 11) is 0. The molecule has 0 aliphatic heterocycles. The van der Waals surface area contributed by atoms with Crippen LogP contribution in [0.4, 0.5) is 0 Å². The number of halogens is 1. The van der Waals surface area contributed by atoms with Crippen molar-refractivity contribution in [2.24, 2.45) is 0 Å². The van der Waals surface area contributed by atoms with Crippen molar-refractivity contribution in [2.75, 3.05) is 19.8 Å². The van der Waals surface area contributed by atoms with Gasteiger partial charge in [0.15, 0.2) is 0 Å². The molecular weight excluding hydrogens is 334 g/mol. The third kappa shape index (κ3) is 7.47. The van der Waals surface area contributed by atoms with Gasteiger partial charge in [-0.15, -0.1) is 0 Å². The Morgan fingerprint density at radius 2 is 1.64 bits per heavy atom. The highest BCUT2D eigenvalue weighted by Gasteiger charge is 2.05. The van der Waals surface area contributed by atoms with Gasteiger partial charge in [0.25, 0.3) is 0 Å². The van der Waals surface area contributed by atoms with Crippen LogP contribution >= 0.6 is 11.6 Å². The molecule has 0 amide bonds. The molecular formula is C21H28ClNO2. The highest BCUT2D eigenvalue weighted by Crippen LogP contribution is 2.21. The van der Waals surface area contributed by atoms with Gasteiger partial charge >= 0.3 is 0 Å². The SMILES string of the molecule is CCCCOCCCNCc1ccccc1OCc1ccccc1Cl. The van der Waals surface area contributed by atoms with E-state index >= 15 is 0 Å². The Hall–Kier alpha value is -1.55. The first kappa shape index (κ1) is 19.8. The second kappa shape index (κ2) is 11.9. The number of unbranched alkanes of at least 4 members (excludes halogenated alkanes) is 1. The minimum Gasteiger partial charge on any atom is -0.489 e. The van der Waals surface area contributed by atoms with Crippen molar-refractivity contribution < 1.29 is 9.47 Å². The molecule has 0 atom stereocenters. The van der Waals surface area contributed by atoms with Gasteiger partial charge < -0.3 is 14.8 Å². The van der Waals surface area contributed by atoms with Crippen molar-refractivity contribution in [3.05, 3.63) is 64.7 Å². The van der Waals surface area contributed by atoms with E-state index < -0.39 is 0 Å². The summed E-state index contributed by atoms with van der Waals surface area (Å²) in [4.78, 5) is 0. The molecule has 2 rings (SSSR count). The van der Waals surface area contributed by atoms with Crippen molar-refractivity contribution in [3.63, 3.8) is 0 Å². The Bertz CT molecular complexity index is 618. The third-order valence-corrected chi connectivity index (χ3v) is 4.28. The summed E-state index contributed by atoms with van der Waals surface area (Å²) in [5, 5.41) is 4.19. The maximum absolute atomic E-state index is 6.19. The third-order valence-electron chi connectivity index (χ3n) is 3.91. The van der Waals surface area contributed by atoms with Gasteiger partial charge in [0.05, 0.1) is 0 Å². The molecule has 0 bridgehead atoms. The van der Waals surface area contributed by atoms with Gasteiger partial charge in [0.2, 0.25) is 0 Å². The topological polar surface area (TPSA) is 30.5 Å². The number of rotatable bonds is 12. The molecule has 1 N–H and O–H groups in total. The molecule has 0 saturated carbocycles. The molecule has 136 valence electrons. The summed E-state index contributed by atoms with van der Waals surface area (Å²) in [5.41, 5.74) is 2.15. The lowest BCUT2D eigenvalue weighted by Crippen LogP contribution is -2.17. The maximum atomic E-state index is 6.19. The zero-order valence-electron chi connectivity index (χ0n) is 15.0.